The molecule has 0 fully saturated rings. The van der Waals surface area contributed by atoms with Crippen LogP contribution in [0.25, 0.3) is 0 Å². The first kappa shape index (κ1) is 16.5. The van der Waals surface area contributed by atoms with Gasteiger partial charge in [-0.3, -0.25) is 0 Å². The Morgan fingerprint density at radius 3 is 2.71 bits per heavy atom. The predicted octanol–water partition coefficient (Wildman–Crippen LogP) is 2.63. The maximum Gasteiger partial charge on any atom is 0.326 e. The molecule has 6 nitrogen and oxygen atoms in total. The van der Waals surface area contributed by atoms with E-state index < -0.39 is 18.0 Å². The Morgan fingerprint density at radius 2 is 2.14 bits per heavy atom. The number of hydrogen-bond acceptors (Lipinski definition) is 3. The molecule has 0 aliphatic heterocycles. The summed E-state index contributed by atoms with van der Waals surface area (Å²) in [7, 11) is 0. The van der Waals surface area contributed by atoms with Gasteiger partial charge in [0.25, 0.3) is 0 Å². The molecule has 21 heavy (non-hydrogen) atoms. The van der Waals surface area contributed by atoms with E-state index in [1.165, 1.54) is 0 Å². The molecule has 0 radical (unpaired) electrons. The highest BCUT2D eigenvalue weighted by atomic mass is 16.4. The average Bonchev–Trinajstić information content (AvgIpc) is 2.43. The topological polar surface area (TPSA) is 102 Å². The van der Waals surface area contributed by atoms with Crippen molar-refractivity contribution >= 4 is 17.7 Å². The molecule has 1 rings (SSSR count). The lowest BCUT2D eigenvalue weighted by molar-refractivity contribution is -0.139. The van der Waals surface area contributed by atoms with Crippen LogP contribution in [0.3, 0.4) is 0 Å². The molecule has 0 heterocycles. The minimum atomic E-state index is -1.07. The first-order chi connectivity index (χ1) is 9.99. The lowest BCUT2D eigenvalue weighted by Gasteiger charge is -2.15. The zero-order valence-corrected chi connectivity index (χ0v) is 12.1. The normalized spacial score (nSPS) is 11.3. The fraction of sp³-hybridized carbons (Fsp3) is 0.400. The number of amides is 2. The number of unbranched alkanes of at least 4 members (excludes halogenated alkanes) is 1. The third-order valence-electron chi connectivity index (χ3n) is 3.08. The molecule has 3 N–H and O–H groups in total. The molecule has 1 aromatic carbocycles. The van der Waals surface area contributed by atoms with E-state index in [9.17, 15) is 9.59 Å². The molecular formula is C15H19N3O3. The Bertz CT molecular complexity index is 564. The molecule has 0 saturated carbocycles. The van der Waals surface area contributed by atoms with Gasteiger partial charge in [-0.05, 0) is 25.0 Å². The van der Waals surface area contributed by atoms with E-state index in [4.69, 9.17) is 10.4 Å². The molecule has 0 bridgehead atoms. The number of aryl methyl sites for hydroxylation is 1. The van der Waals surface area contributed by atoms with Crippen LogP contribution in [0.2, 0.25) is 0 Å². The molecule has 0 aromatic heterocycles. The Hall–Kier alpha value is -2.55. The largest absolute Gasteiger partial charge is 0.480 e. The summed E-state index contributed by atoms with van der Waals surface area (Å²) in [4.78, 5) is 23.0. The quantitative estimate of drug-likeness (QED) is 0.749. The highest BCUT2D eigenvalue weighted by Gasteiger charge is 2.19. The van der Waals surface area contributed by atoms with Gasteiger partial charge in [0.05, 0.1) is 11.3 Å². The van der Waals surface area contributed by atoms with E-state index in [2.05, 4.69) is 10.6 Å². The predicted molar refractivity (Wildman–Crippen MR) is 79.0 cm³/mol. The van der Waals surface area contributed by atoms with Crippen molar-refractivity contribution in [1.29, 1.82) is 5.26 Å². The van der Waals surface area contributed by atoms with Gasteiger partial charge in [-0.2, -0.15) is 5.26 Å². The smallest absolute Gasteiger partial charge is 0.326 e. The molecule has 0 aliphatic rings. The number of benzene rings is 1. The molecule has 112 valence electrons. The number of carboxylic acids is 1. The summed E-state index contributed by atoms with van der Waals surface area (Å²) in [5.41, 5.74) is 1.48. The highest BCUT2D eigenvalue weighted by Crippen LogP contribution is 2.18. The van der Waals surface area contributed by atoms with Crippen molar-refractivity contribution < 1.29 is 14.7 Å². The lowest BCUT2D eigenvalue weighted by Crippen LogP contribution is -2.43. The molecule has 0 spiro atoms. The highest BCUT2D eigenvalue weighted by molar-refractivity contribution is 5.93. The van der Waals surface area contributed by atoms with Crippen molar-refractivity contribution in [2.75, 3.05) is 5.32 Å². The summed E-state index contributed by atoms with van der Waals surface area (Å²) in [5.74, 6) is -1.07. The Morgan fingerprint density at radius 1 is 1.43 bits per heavy atom. The number of carbonyl (C=O) groups is 2. The third-order valence-corrected chi connectivity index (χ3v) is 3.08. The molecular weight excluding hydrogens is 270 g/mol. The number of nitrogens with zero attached hydrogens (tertiary/aromatic N) is 1. The Kier molecular flexibility index (Phi) is 6.21. The van der Waals surface area contributed by atoms with Crippen molar-refractivity contribution in [1.82, 2.24) is 5.32 Å². The van der Waals surface area contributed by atoms with E-state index in [1.807, 2.05) is 13.0 Å². The fourth-order valence-corrected chi connectivity index (χ4v) is 1.90. The van der Waals surface area contributed by atoms with Crippen molar-refractivity contribution in [3.8, 4) is 6.07 Å². The number of urea groups is 1. The summed E-state index contributed by atoms with van der Waals surface area (Å²) in [6.07, 6.45) is 1.94. The summed E-state index contributed by atoms with van der Waals surface area (Å²) in [6, 6.07) is 5.56. The van der Waals surface area contributed by atoms with Crippen molar-refractivity contribution in [3.63, 3.8) is 0 Å². The van der Waals surface area contributed by atoms with E-state index in [0.717, 1.165) is 12.0 Å². The SMILES string of the molecule is CCCCC(NC(=O)Nc1cccc(C)c1C#N)C(=O)O. The molecule has 1 atom stereocenters. The minimum absolute atomic E-state index is 0.369. The molecule has 1 aromatic rings. The molecule has 2 amide bonds. The molecule has 0 aliphatic carbocycles. The summed E-state index contributed by atoms with van der Waals surface area (Å²) in [5, 5.41) is 23.1. The van der Waals surface area contributed by atoms with Gasteiger partial charge in [-0.1, -0.05) is 31.9 Å². The van der Waals surface area contributed by atoms with Crippen LogP contribution in [0.4, 0.5) is 10.5 Å². The van der Waals surface area contributed by atoms with E-state index in [1.54, 1.807) is 25.1 Å². The van der Waals surface area contributed by atoms with Gasteiger partial charge in [-0.15, -0.1) is 0 Å². The van der Waals surface area contributed by atoms with E-state index in [0.29, 0.717) is 24.1 Å². The summed E-state index contributed by atoms with van der Waals surface area (Å²) in [6.45, 7) is 3.72. The van der Waals surface area contributed by atoms with Crippen LogP contribution in [0, 0.1) is 18.3 Å². The van der Waals surface area contributed by atoms with Crippen molar-refractivity contribution in [2.45, 2.75) is 39.2 Å². The summed E-state index contributed by atoms with van der Waals surface area (Å²) < 4.78 is 0. The average molecular weight is 289 g/mol. The second-order valence-electron chi connectivity index (χ2n) is 4.74. The monoisotopic (exact) mass is 289 g/mol. The van der Waals surface area contributed by atoms with Gasteiger partial charge in [0.2, 0.25) is 0 Å². The maximum absolute atomic E-state index is 11.9. The van der Waals surface area contributed by atoms with Gasteiger partial charge in [0.15, 0.2) is 0 Å². The number of hydrogen-bond donors (Lipinski definition) is 3. The lowest BCUT2D eigenvalue weighted by atomic mass is 10.1. The first-order valence-electron chi connectivity index (χ1n) is 6.79. The second kappa shape index (κ2) is 7.90. The number of carboxylic acid groups (broad SMARTS) is 1. The van der Waals surface area contributed by atoms with Crippen LogP contribution in [0.1, 0.15) is 37.3 Å². The van der Waals surface area contributed by atoms with Gasteiger partial charge in [0.1, 0.15) is 12.1 Å². The Balaban J connectivity index is 2.75. The molecule has 1 unspecified atom stereocenters. The molecule has 6 heteroatoms. The number of anilines is 1. The fourth-order valence-electron chi connectivity index (χ4n) is 1.90. The van der Waals surface area contributed by atoms with Gasteiger partial charge >= 0.3 is 12.0 Å². The number of rotatable bonds is 6. The third kappa shape index (κ3) is 4.80. The van der Waals surface area contributed by atoms with Crippen molar-refractivity contribution in [3.05, 3.63) is 29.3 Å². The van der Waals surface area contributed by atoms with Gasteiger partial charge < -0.3 is 15.7 Å². The number of nitriles is 1. The number of nitrogens with one attached hydrogen (secondary N) is 2. The van der Waals surface area contributed by atoms with Crippen LogP contribution >= 0.6 is 0 Å². The van der Waals surface area contributed by atoms with Crippen LogP contribution in [0.5, 0.6) is 0 Å². The maximum atomic E-state index is 11.9. The van der Waals surface area contributed by atoms with Crippen LogP contribution in [0.15, 0.2) is 18.2 Å². The van der Waals surface area contributed by atoms with Gasteiger partial charge in [-0.25, -0.2) is 9.59 Å². The molecule has 0 saturated heterocycles. The van der Waals surface area contributed by atoms with Crippen LogP contribution in [-0.4, -0.2) is 23.1 Å². The number of aliphatic carboxylic acids is 1. The Labute approximate surface area is 123 Å². The zero-order chi connectivity index (χ0) is 15.8. The second-order valence-corrected chi connectivity index (χ2v) is 4.74. The van der Waals surface area contributed by atoms with Crippen LogP contribution in [-0.2, 0) is 4.79 Å². The van der Waals surface area contributed by atoms with Crippen LogP contribution < -0.4 is 10.6 Å². The first-order valence-corrected chi connectivity index (χ1v) is 6.79. The minimum Gasteiger partial charge on any atom is -0.480 e. The van der Waals surface area contributed by atoms with Crippen molar-refractivity contribution in [2.24, 2.45) is 0 Å². The standard InChI is InChI=1S/C15H19N3O3/c1-3-4-7-13(14(19)20)18-15(21)17-12-8-5-6-10(2)11(12)9-16/h5-6,8,13H,3-4,7H2,1-2H3,(H,19,20)(H2,17,18,21). The van der Waals surface area contributed by atoms with E-state index >= 15 is 0 Å². The zero-order valence-electron chi connectivity index (χ0n) is 12.1. The summed E-state index contributed by atoms with van der Waals surface area (Å²) >= 11 is 0. The van der Waals surface area contributed by atoms with Gasteiger partial charge in [0, 0.05) is 0 Å². The van der Waals surface area contributed by atoms with E-state index in [-0.39, 0.29) is 0 Å². The number of carbonyl (C=O) groups excluding carboxylic acids is 1.